The topological polar surface area (TPSA) is 96.9 Å². The first-order chi connectivity index (χ1) is 14.6. The third-order valence-corrected chi connectivity index (χ3v) is 4.89. The number of nitrogens with one attached hydrogen (secondary N) is 2. The second kappa shape index (κ2) is 8.84. The number of fused-ring (bicyclic) bond motifs is 2. The number of ether oxygens (including phenoxy) is 2. The van der Waals surface area contributed by atoms with Crippen molar-refractivity contribution in [1.82, 2.24) is 5.32 Å². The highest BCUT2D eigenvalue weighted by atomic mass is 16.6. The molecule has 0 spiro atoms. The van der Waals surface area contributed by atoms with Crippen molar-refractivity contribution in [1.29, 1.82) is 0 Å². The third kappa shape index (κ3) is 4.36. The number of hydrogen-bond acceptors (Lipinski definition) is 5. The third-order valence-electron chi connectivity index (χ3n) is 4.89. The van der Waals surface area contributed by atoms with Crippen LogP contribution in [0.15, 0.2) is 60.7 Å². The van der Waals surface area contributed by atoms with Gasteiger partial charge in [0.1, 0.15) is 13.2 Å². The summed E-state index contributed by atoms with van der Waals surface area (Å²) in [5.74, 6) is -0.426. The number of amides is 2. The standard InChI is InChI=1S/C23H22N2O5/c26-19(18-7-3-5-15-4-1-2-6-17(15)18)10-11-24-22(27)23(28)25-16-8-9-20-21(14-16)30-13-12-29-20/h1-9,14,19,26H,10-13H2,(H,24,27)(H,25,28)/t19-/m0/s1. The van der Waals surface area contributed by atoms with Crippen LogP contribution in [-0.2, 0) is 9.59 Å². The van der Waals surface area contributed by atoms with Gasteiger partial charge in [-0.3, -0.25) is 9.59 Å². The molecule has 30 heavy (non-hydrogen) atoms. The molecule has 3 aromatic rings. The number of hydrogen-bond donors (Lipinski definition) is 3. The van der Waals surface area contributed by atoms with Crippen molar-refractivity contribution in [2.24, 2.45) is 0 Å². The highest BCUT2D eigenvalue weighted by molar-refractivity contribution is 6.39. The van der Waals surface area contributed by atoms with E-state index in [2.05, 4.69) is 10.6 Å². The highest BCUT2D eigenvalue weighted by Crippen LogP contribution is 2.32. The van der Waals surface area contributed by atoms with E-state index in [1.165, 1.54) is 0 Å². The Kier molecular flexibility index (Phi) is 5.81. The van der Waals surface area contributed by atoms with Gasteiger partial charge in [0.05, 0.1) is 6.10 Å². The van der Waals surface area contributed by atoms with Gasteiger partial charge in [-0.1, -0.05) is 42.5 Å². The summed E-state index contributed by atoms with van der Waals surface area (Å²) in [4.78, 5) is 24.2. The molecular weight excluding hydrogens is 384 g/mol. The van der Waals surface area contributed by atoms with Crippen molar-refractivity contribution in [2.45, 2.75) is 12.5 Å². The van der Waals surface area contributed by atoms with Crippen molar-refractivity contribution in [2.75, 3.05) is 25.1 Å². The fraction of sp³-hybridized carbons (Fsp3) is 0.217. The maximum atomic E-state index is 12.1. The summed E-state index contributed by atoms with van der Waals surface area (Å²) >= 11 is 0. The lowest BCUT2D eigenvalue weighted by Gasteiger charge is -2.19. The van der Waals surface area contributed by atoms with Crippen molar-refractivity contribution in [3.63, 3.8) is 0 Å². The maximum Gasteiger partial charge on any atom is 0.313 e. The molecule has 4 rings (SSSR count). The first kappa shape index (κ1) is 19.7. The van der Waals surface area contributed by atoms with Gasteiger partial charge >= 0.3 is 11.8 Å². The van der Waals surface area contributed by atoms with Crippen LogP contribution in [0.4, 0.5) is 5.69 Å². The first-order valence-corrected chi connectivity index (χ1v) is 9.76. The van der Waals surface area contributed by atoms with Crippen LogP contribution in [0.5, 0.6) is 11.5 Å². The first-order valence-electron chi connectivity index (χ1n) is 9.76. The van der Waals surface area contributed by atoms with Crippen LogP contribution < -0.4 is 20.1 Å². The molecule has 1 atom stereocenters. The minimum absolute atomic E-state index is 0.164. The lowest BCUT2D eigenvalue weighted by atomic mass is 9.99. The summed E-state index contributed by atoms with van der Waals surface area (Å²) < 4.78 is 10.9. The molecule has 1 aliphatic heterocycles. The number of rotatable bonds is 5. The molecule has 3 aromatic carbocycles. The molecule has 1 heterocycles. The van der Waals surface area contributed by atoms with Crippen molar-refractivity contribution >= 4 is 28.3 Å². The van der Waals surface area contributed by atoms with E-state index in [-0.39, 0.29) is 13.0 Å². The quantitative estimate of drug-likeness (QED) is 0.566. The number of anilines is 1. The Labute approximate surface area is 173 Å². The van der Waals surface area contributed by atoms with Crippen LogP contribution in [0.3, 0.4) is 0 Å². The Morgan fingerprint density at radius 3 is 2.57 bits per heavy atom. The Bertz CT molecular complexity index is 1080. The maximum absolute atomic E-state index is 12.1. The molecule has 0 fully saturated rings. The molecule has 154 valence electrons. The predicted octanol–water partition coefficient (Wildman–Crippen LogP) is 2.79. The number of carbonyl (C=O) groups is 2. The van der Waals surface area contributed by atoms with E-state index in [1.807, 2.05) is 42.5 Å². The SMILES string of the molecule is O=C(NCC[C@H](O)c1cccc2ccccc12)C(=O)Nc1ccc2c(c1)OCCO2. The molecule has 0 saturated carbocycles. The normalized spacial score (nSPS) is 13.5. The molecule has 0 radical (unpaired) electrons. The zero-order valence-electron chi connectivity index (χ0n) is 16.3. The molecule has 1 aliphatic rings. The molecule has 3 N–H and O–H groups in total. The molecular formula is C23H22N2O5. The van der Waals surface area contributed by atoms with Gasteiger partial charge in [-0.05, 0) is 34.9 Å². The molecule has 0 unspecified atom stereocenters. The molecule has 0 saturated heterocycles. The smallest absolute Gasteiger partial charge is 0.313 e. The lowest BCUT2D eigenvalue weighted by Crippen LogP contribution is -2.36. The van der Waals surface area contributed by atoms with E-state index in [4.69, 9.17) is 9.47 Å². The predicted molar refractivity (Wildman–Crippen MR) is 113 cm³/mol. The van der Waals surface area contributed by atoms with E-state index in [1.54, 1.807) is 18.2 Å². The lowest BCUT2D eigenvalue weighted by molar-refractivity contribution is -0.136. The second-order valence-electron chi connectivity index (χ2n) is 6.94. The Balaban J connectivity index is 1.30. The average Bonchev–Trinajstić information content (AvgIpc) is 2.78. The van der Waals surface area contributed by atoms with Crippen LogP contribution in [0.2, 0.25) is 0 Å². The van der Waals surface area contributed by atoms with Gasteiger partial charge in [-0.2, -0.15) is 0 Å². The van der Waals surface area contributed by atoms with Crippen molar-refractivity contribution in [3.05, 3.63) is 66.2 Å². The Morgan fingerprint density at radius 1 is 0.933 bits per heavy atom. The fourth-order valence-corrected chi connectivity index (χ4v) is 3.41. The number of carbonyl (C=O) groups excluding carboxylic acids is 2. The van der Waals surface area contributed by atoms with Crippen LogP contribution in [0, 0.1) is 0 Å². The molecule has 7 nitrogen and oxygen atoms in total. The zero-order chi connectivity index (χ0) is 20.9. The second-order valence-corrected chi connectivity index (χ2v) is 6.94. The monoisotopic (exact) mass is 406 g/mol. The van der Waals surface area contributed by atoms with E-state index in [0.29, 0.717) is 30.4 Å². The molecule has 0 bridgehead atoms. The summed E-state index contributed by atoms with van der Waals surface area (Å²) in [6.07, 6.45) is -0.464. The van der Waals surface area contributed by atoms with Crippen LogP contribution >= 0.6 is 0 Å². The number of aliphatic hydroxyl groups excluding tert-OH is 1. The number of aliphatic hydroxyl groups is 1. The van der Waals surface area contributed by atoms with Gasteiger partial charge in [-0.25, -0.2) is 0 Å². The van der Waals surface area contributed by atoms with E-state index >= 15 is 0 Å². The van der Waals surface area contributed by atoms with E-state index in [0.717, 1.165) is 16.3 Å². The van der Waals surface area contributed by atoms with Gasteiger partial charge in [0.15, 0.2) is 11.5 Å². The molecule has 2 amide bonds. The van der Waals surface area contributed by atoms with Crippen LogP contribution in [0.25, 0.3) is 10.8 Å². The van der Waals surface area contributed by atoms with Gasteiger partial charge in [-0.15, -0.1) is 0 Å². The van der Waals surface area contributed by atoms with Gasteiger partial charge < -0.3 is 25.2 Å². The fourth-order valence-electron chi connectivity index (χ4n) is 3.41. The van der Waals surface area contributed by atoms with Gasteiger partial charge in [0, 0.05) is 18.3 Å². The minimum Gasteiger partial charge on any atom is -0.486 e. The molecule has 0 aromatic heterocycles. The summed E-state index contributed by atoms with van der Waals surface area (Å²) in [6.45, 7) is 1.08. The zero-order valence-corrected chi connectivity index (χ0v) is 16.3. The van der Waals surface area contributed by atoms with Gasteiger partial charge in [0.2, 0.25) is 0 Å². The Hall–Kier alpha value is -3.58. The summed E-state index contributed by atoms with van der Waals surface area (Å²) in [5, 5.41) is 17.6. The number of benzene rings is 3. The van der Waals surface area contributed by atoms with E-state index in [9.17, 15) is 14.7 Å². The Morgan fingerprint density at radius 2 is 1.70 bits per heavy atom. The summed E-state index contributed by atoms with van der Waals surface area (Å²) in [6, 6.07) is 18.5. The molecule has 0 aliphatic carbocycles. The van der Waals surface area contributed by atoms with E-state index < -0.39 is 17.9 Å². The largest absolute Gasteiger partial charge is 0.486 e. The average molecular weight is 406 g/mol. The molecule has 7 heteroatoms. The summed E-state index contributed by atoms with van der Waals surface area (Å²) in [5.41, 5.74) is 1.23. The highest BCUT2D eigenvalue weighted by Gasteiger charge is 2.17. The van der Waals surface area contributed by atoms with Crippen molar-refractivity contribution < 1.29 is 24.2 Å². The van der Waals surface area contributed by atoms with Crippen molar-refractivity contribution in [3.8, 4) is 11.5 Å². The summed E-state index contributed by atoms with van der Waals surface area (Å²) in [7, 11) is 0. The van der Waals surface area contributed by atoms with Crippen LogP contribution in [-0.4, -0.2) is 36.7 Å². The van der Waals surface area contributed by atoms with Crippen LogP contribution in [0.1, 0.15) is 18.1 Å². The minimum atomic E-state index is -0.786. The van der Waals surface area contributed by atoms with Gasteiger partial charge in [0.25, 0.3) is 0 Å².